The van der Waals surface area contributed by atoms with Gasteiger partial charge in [0.2, 0.25) is 0 Å². The van der Waals surface area contributed by atoms with Crippen LogP contribution in [0.3, 0.4) is 0 Å². The standard InChI is InChI=1S/C6H6N4O2/c11-1-3-4-5(10-9-3)6(12)8-2-7-4/h2,4,11H,1H2,(H,7,8,12). The summed E-state index contributed by atoms with van der Waals surface area (Å²) < 4.78 is 0. The number of carbonyl (C=O) groups is 1. The van der Waals surface area contributed by atoms with Gasteiger partial charge in [-0.15, -0.1) is 5.10 Å². The first kappa shape index (κ1) is 7.11. The van der Waals surface area contributed by atoms with Crippen molar-refractivity contribution < 1.29 is 9.90 Å². The molecule has 0 aromatic heterocycles. The third-order valence-electron chi connectivity index (χ3n) is 1.67. The van der Waals surface area contributed by atoms with Crippen molar-refractivity contribution in [1.29, 1.82) is 0 Å². The Morgan fingerprint density at radius 1 is 1.58 bits per heavy atom. The summed E-state index contributed by atoms with van der Waals surface area (Å²) in [6.07, 6.45) is 1.29. The Balaban J connectivity index is 2.33. The minimum Gasteiger partial charge on any atom is -0.390 e. The maximum Gasteiger partial charge on any atom is 0.275 e. The van der Waals surface area contributed by atoms with Crippen molar-refractivity contribution in [1.82, 2.24) is 5.32 Å². The van der Waals surface area contributed by atoms with Crippen LogP contribution in [0.1, 0.15) is 0 Å². The van der Waals surface area contributed by atoms with Crippen LogP contribution in [0.5, 0.6) is 0 Å². The van der Waals surface area contributed by atoms with Crippen LogP contribution in [0.4, 0.5) is 0 Å². The third-order valence-corrected chi connectivity index (χ3v) is 1.67. The lowest BCUT2D eigenvalue weighted by Gasteiger charge is -2.12. The van der Waals surface area contributed by atoms with Crippen molar-refractivity contribution in [3.63, 3.8) is 0 Å². The summed E-state index contributed by atoms with van der Waals surface area (Å²) in [5.41, 5.74) is 0.664. The first-order valence-electron chi connectivity index (χ1n) is 3.40. The summed E-state index contributed by atoms with van der Waals surface area (Å²) in [7, 11) is 0. The molecule has 0 aromatic carbocycles. The van der Waals surface area contributed by atoms with E-state index in [1.54, 1.807) is 0 Å². The molecule has 2 aliphatic heterocycles. The molecule has 2 aliphatic rings. The molecule has 62 valence electrons. The van der Waals surface area contributed by atoms with E-state index in [-0.39, 0.29) is 18.2 Å². The second-order valence-electron chi connectivity index (χ2n) is 2.39. The Bertz CT molecular complexity index is 318. The number of amides is 1. The molecule has 2 N–H and O–H groups in total. The molecular weight excluding hydrogens is 160 g/mol. The smallest absolute Gasteiger partial charge is 0.275 e. The maximum absolute atomic E-state index is 11.0. The SMILES string of the molecule is O=C1NC=NC2C(CO)=NN=C12. The Morgan fingerprint density at radius 2 is 2.42 bits per heavy atom. The number of aliphatic hydroxyl groups excluding tert-OH is 1. The molecule has 0 radical (unpaired) electrons. The average molecular weight is 166 g/mol. The fourth-order valence-electron chi connectivity index (χ4n) is 1.07. The third kappa shape index (κ3) is 0.850. The number of fused-ring (bicyclic) bond motifs is 1. The zero-order valence-electron chi connectivity index (χ0n) is 6.06. The van der Waals surface area contributed by atoms with E-state index in [4.69, 9.17) is 5.11 Å². The number of nitrogens with zero attached hydrogens (tertiary/aromatic N) is 3. The molecule has 1 amide bonds. The van der Waals surface area contributed by atoms with Gasteiger partial charge in [0.05, 0.1) is 18.7 Å². The van der Waals surface area contributed by atoms with Gasteiger partial charge in [-0.2, -0.15) is 5.10 Å². The summed E-state index contributed by atoms with van der Waals surface area (Å²) >= 11 is 0. The lowest BCUT2D eigenvalue weighted by Crippen LogP contribution is -2.43. The van der Waals surface area contributed by atoms with E-state index in [9.17, 15) is 4.79 Å². The van der Waals surface area contributed by atoms with E-state index < -0.39 is 6.04 Å². The molecule has 6 nitrogen and oxygen atoms in total. The summed E-state index contributed by atoms with van der Waals surface area (Å²) in [5, 5.41) is 18.4. The Morgan fingerprint density at radius 3 is 3.17 bits per heavy atom. The number of aliphatic imine (C=N–C) groups is 1. The zero-order chi connectivity index (χ0) is 8.55. The number of nitrogens with one attached hydrogen (secondary N) is 1. The van der Waals surface area contributed by atoms with Crippen molar-refractivity contribution in [2.75, 3.05) is 6.61 Å². The molecular formula is C6H6N4O2. The van der Waals surface area contributed by atoms with Crippen LogP contribution >= 0.6 is 0 Å². The molecule has 0 spiro atoms. The van der Waals surface area contributed by atoms with Gasteiger partial charge >= 0.3 is 0 Å². The molecule has 2 heterocycles. The topological polar surface area (TPSA) is 86.4 Å². The fourth-order valence-corrected chi connectivity index (χ4v) is 1.07. The van der Waals surface area contributed by atoms with Crippen LogP contribution in [0.15, 0.2) is 15.2 Å². The fraction of sp³-hybridized carbons (Fsp3) is 0.333. The predicted octanol–water partition coefficient (Wildman–Crippen LogP) is -1.68. The van der Waals surface area contributed by atoms with Gasteiger partial charge in [0, 0.05) is 0 Å². The van der Waals surface area contributed by atoms with E-state index in [1.165, 1.54) is 6.34 Å². The van der Waals surface area contributed by atoms with E-state index in [0.717, 1.165) is 0 Å². The normalized spacial score (nSPS) is 26.1. The monoisotopic (exact) mass is 166 g/mol. The van der Waals surface area contributed by atoms with E-state index in [1.807, 2.05) is 0 Å². The van der Waals surface area contributed by atoms with E-state index >= 15 is 0 Å². The molecule has 1 unspecified atom stereocenters. The second kappa shape index (κ2) is 2.49. The van der Waals surface area contributed by atoms with E-state index in [2.05, 4.69) is 20.5 Å². The summed E-state index contributed by atoms with van der Waals surface area (Å²) in [5.74, 6) is -0.304. The highest BCUT2D eigenvalue weighted by molar-refractivity contribution is 6.48. The number of hydrogen-bond donors (Lipinski definition) is 2. The highest BCUT2D eigenvalue weighted by Gasteiger charge is 2.32. The minimum atomic E-state index is -0.469. The van der Waals surface area contributed by atoms with Crippen LogP contribution in [0.2, 0.25) is 0 Å². The molecule has 0 aromatic rings. The Hall–Kier alpha value is -1.56. The van der Waals surface area contributed by atoms with Crippen LogP contribution in [0.25, 0.3) is 0 Å². The van der Waals surface area contributed by atoms with E-state index in [0.29, 0.717) is 5.71 Å². The Labute approximate surface area is 67.7 Å². The number of carbonyl (C=O) groups excluding carboxylic acids is 1. The summed E-state index contributed by atoms with van der Waals surface area (Å²) in [6, 6.07) is -0.469. The van der Waals surface area contributed by atoms with Gasteiger partial charge in [-0.25, -0.2) is 0 Å². The Kier molecular flexibility index (Phi) is 1.47. The lowest BCUT2D eigenvalue weighted by molar-refractivity contribution is -0.113. The quantitative estimate of drug-likeness (QED) is 0.487. The minimum absolute atomic E-state index is 0.220. The molecule has 1 atom stereocenters. The van der Waals surface area contributed by atoms with Gasteiger partial charge in [0.25, 0.3) is 5.91 Å². The molecule has 0 saturated carbocycles. The highest BCUT2D eigenvalue weighted by atomic mass is 16.3. The van der Waals surface area contributed by atoms with Crippen molar-refractivity contribution in [2.45, 2.75) is 6.04 Å². The highest BCUT2D eigenvalue weighted by Crippen LogP contribution is 2.09. The molecule has 0 fully saturated rings. The van der Waals surface area contributed by atoms with Gasteiger partial charge in [-0.3, -0.25) is 9.79 Å². The van der Waals surface area contributed by atoms with Crippen molar-refractivity contribution in [3.8, 4) is 0 Å². The van der Waals surface area contributed by atoms with Gasteiger partial charge in [-0.05, 0) is 0 Å². The first-order chi connectivity index (χ1) is 5.83. The van der Waals surface area contributed by atoms with Crippen molar-refractivity contribution in [2.24, 2.45) is 15.2 Å². The number of hydrogen-bond acceptors (Lipinski definition) is 5. The van der Waals surface area contributed by atoms with Gasteiger partial charge < -0.3 is 10.4 Å². The van der Waals surface area contributed by atoms with Gasteiger partial charge in [0.1, 0.15) is 6.04 Å². The molecule has 2 rings (SSSR count). The van der Waals surface area contributed by atoms with Gasteiger partial charge in [-0.1, -0.05) is 0 Å². The average Bonchev–Trinajstić information content (AvgIpc) is 2.49. The van der Waals surface area contributed by atoms with Crippen molar-refractivity contribution >= 4 is 23.7 Å². The van der Waals surface area contributed by atoms with Crippen LogP contribution < -0.4 is 5.32 Å². The molecule has 12 heavy (non-hydrogen) atoms. The first-order valence-corrected chi connectivity index (χ1v) is 3.40. The predicted molar refractivity (Wildman–Crippen MR) is 42.4 cm³/mol. The maximum atomic E-state index is 11.0. The molecule has 0 aliphatic carbocycles. The molecule has 0 bridgehead atoms. The molecule has 0 saturated heterocycles. The lowest BCUT2D eigenvalue weighted by atomic mass is 10.1. The second-order valence-corrected chi connectivity index (χ2v) is 2.39. The number of aliphatic hydroxyl groups is 1. The number of rotatable bonds is 1. The van der Waals surface area contributed by atoms with Crippen molar-refractivity contribution in [3.05, 3.63) is 0 Å². The summed E-state index contributed by atoms with van der Waals surface area (Å²) in [4.78, 5) is 15.0. The van der Waals surface area contributed by atoms with Crippen LogP contribution in [-0.2, 0) is 4.79 Å². The zero-order valence-corrected chi connectivity index (χ0v) is 6.06. The summed E-state index contributed by atoms with van der Waals surface area (Å²) in [6.45, 7) is -0.220. The largest absolute Gasteiger partial charge is 0.390 e. The molecule has 6 heteroatoms. The van der Waals surface area contributed by atoms with Crippen LogP contribution in [0, 0.1) is 0 Å². The van der Waals surface area contributed by atoms with Crippen LogP contribution in [-0.4, -0.2) is 41.4 Å². The van der Waals surface area contributed by atoms with Gasteiger partial charge in [0.15, 0.2) is 5.71 Å².